The van der Waals surface area contributed by atoms with Crippen molar-refractivity contribution in [2.45, 2.75) is 0 Å². The van der Waals surface area contributed by atoms with Crippen LogP contribution in [0.25, 0.3) is 0 Å². The number of hydrogen-bond donors (Lipinski definition) is 1. The van der Waals surface area contributed by atoms with Crippen molar-refractivity contribution in [2.24, 2.45) is 0 Å². The van der Waals surface area contributed by atoms with Crippen LogP contribution in [0.2, 0.25) is 0 Å². The minimum absolute atomic E-state index is 0.616. The van der Waals surface area contributed by atoms with Gasteiger partial charge in [0.2, 0.25) is 0 Å². The van der Waals surface area contributed by atoms with Gasteiger partial charge in [-0.05, 0) is 0 Å². The van der Waals surface area contributed by atoms with Gasteiger partial charge in [0, 0.05) is 0 Å². The minimum atomic E-state index is -1.32. The summed E-state index contributed by atoms with van der Waals surface area (Å²) in [5.74, 6) is 0. The first-order chi connectivity index (χ1) is 4.79. The first-order valence-electron chi connectivity index (χ1n) is 2.84. The van der Waals surface area contributed by atoms with Crippen molar-refractivity contribution in [3.8, 4) is 0 Å². The van der Waals surface area contributed by atoms with E-state index in [1.165, 1.54) is 0 Å². The maximum atomic E-state index is 10.2. The molecule has 1 N–H and O–H groups in total. The third-order valence-corrected chi connectivity index (χ3v) is 3.41. The number of hydrogen-bond acceptors (Lipinski definition) is 1. The van der Waals surface area contributed by atoms with Gasteiger partial charge in [-0.1, -0.05) is 0 Å². The predicted octanol–water partition coefficient (Wildman–Crippen LogP) is 0.426. The first-order valence-corrected chi connectivity index (χ1v) is 5.69. The van der Waals surface area contributed by atoms with Crippen LogP contribution in [0.4, 0.5) is 4.79 Å². The molecule has 0 atom stereocenters. The van der Waals surface area contributed by atoms with Crippen LogP contribution < -0.4 is 3.51 Å². The molecular weight excluding hydrogens is 238 g/mol. The van der Waals surface area contributed by atoms with Crippen molar-refractivity contribution in [3.05, 3.63) is 30.3 Å². The van der Waals surface area contributed by atoms with Crippen molar-refractivity contribution >= 4 is 29.0 Å². The van der Waals surface area contributed by atoms with E-state index in [9.17, 15) is 4.79 Å². The summed E-state index contributed by atoms with van der Waals surface area (Å²) in [4.78, 5) is 10.2. The van der Waals surface area contributed by atoms with Gasteiger partial charge in [0.05, 0.1) is 0 Å². The normalized spacial score (nSPS) is 9.20. The van der Waals surface area contributed by atoms with Crippen LogP contribution in [0.3, 0.4) is 0 Å². The van der Waals surface area contributed by atoms with Crippen LogP contribution in [0, 0.1) is 0 Å². The Morgan fingerprint density at radius 1 is 1.30 bits per heavy atom. The molecule has 0 aliphatic carbocycles. The van der Waals surface area contributed by atoms with Crippen LogP contribution in [0.5, 0.6) is 0 Å². The summed E-state index contributed by atoms with van der Waals surface area (Å²) in [6, 6.07) is 9.39. The maximum absolute atomic E-state index is 10.2. The molecule has 0 aromatic heterocycles. The monoisotopic (exact) mass is 244 g/mol. The molecule has 0 saturated carbocycles. The molecule has 0 unspecified atom stereocenters. The Kier molecular flexibility index (Phi) is 2.76. The van der Waals surface area contributed by atoms with Gasteiger partial charge in [0.15, 0.2) is 0 Å². The van der Waals surface area contributed by atoms with E-state index in [0.29, 0.717) is 0 Å². The molecule has 0 spiro atoms. The standard InChI is InChI=1S/C6H5.CHO2.Sb.H/c1-2-4-6-5-3-1;2-1-3;;/h1-5H;(H,2,3);;. The topological polar surface area (TPSA) is 37.3 Å². The van der Waals surface area contributed by atoms with Crippen molar-refractivity contribution < 1.29 is 9.90 Å². The van der Waals surface area contributed by atoms with Crippen LogP contribution in [-0.2, 0) is 0 Å². The Labute approximate surface area is 69.4 Å². The van der Waals surface area contributed by atoms with Gasteiger partial charge < -0.3 is 0 Å². The summed E-state index contributed by atoms with van der Waals surface area (Å²) in [5.41, 5.74) is 0. The third-order valence-electron chi connectivity index (χ3n) is 1.03. The average molecular weight is 245 g/mol. The van der Waals surface area contributed by atoms with Crippen molar-refractivity contribution in [1.29, 1.82) is 0 Å². The van der Waals surface area contributed by atoms with Gasteiger partial charge >= 0.3 is 69.3 Å². The SMILES string of the molecule is O=[C](O)[SbH][c]1ccccc1. The van der Waals surface area contributed by atoms with E-state index in [1.54, 1.807) is 0 Å². The molecule has 0 radical (unpaired) electrons. The van der Waals surface area contributed by atoms with Crippen molar-refractivity contribution in [1.82, 2.24) is 0 Å². The molecule has 1 rings (SSSR count). The zero-order chi connectivity index (χ0) is 7.40. The van der Waals surface area contributed by atoms with Crippen LogP contribution in [0.15, 0.2) is 30.3 Å². The molecule has 0 aliphatic rings. The van der Waals surface area contributed by atoms with E-state index in [1.807, 2.05) is 30.3 Å². The summed E-state index contributed by atoms with van der Waals surface area (Å²) in [7, 11) is 0. The Balaban J connectivity index is 2.67. The Morgan fingerprint density at radius 2 is 1.90 bits per heavy atom. The zero-order valence-electron chi connectivity index (χ0n) is 5.24. The molecular formula is C7H7O2Sb. The van der Waals surface area contributed by atoms with E-state index in [4.69, 9.17) is 5.11 Å². The number of rotatable bonds is 2. The number of carbonyl (C=O) groups is 1. The molecule has 3 heteroatoms. The summed E-state index contributed by atoms with van der Waals surface area (Å²) in [6.07, 6.45) is 0. The van der Waals surface area contributed by atoms with Gasteiger partial charge in [-0.15, -0.1) is 0 Å². The van der Waals surface area contributed by atoms with Crippen LogP contribution >= 0.6 is 0 Å². The first kappa shape index (κ1) is 7.61. The zero-order valence-corrected chi connectivity index (χ0v) is 8.10. The van der Waals surface area contributed by atoms with Gasteiger partial charge in [0.25, 0.3) is 0 Å². The molecule has 1 aromatic rings. The van der Waals surface area contributed by atoms with Crippen molar-refractivity contribution in [3.63, 3.8) is 0 Å². The average Bonchev–Trinajstić information content (AvgIpc) is 1.88. The van der Waals surface area contributed by atoms with Crippen LogP contribution in [0.1, 0.15) is 0 Å². The van der Waals surface area contributed by atoms with Crippen LogP contribution in [-0.4, -0.2) is 30.6 Å². The Hall–Kier alpha value is -0.492. The Morgan fingerprint density at radius 3 is 2.40 bits per heavy atom. The second kappa shape index (κ2) is 3.62. The van der Waals surface area contributed by atoms with Gasteiger partial charge in [-0.25, -0.2) is 0 Å². The summed E-state index contributed by atoms with van der Waals surface area (Å²) >= 11 is -1.32. The fourth-order valence-corrected chi connectivity index (χ4v) is 2.37. The molecule has 0 fully saturated rings. The molecule has 0 aliphatic heterocycles. The van der Waals surface area contributed by atoms with Gasteiger partial charge in [-0.3, -0.25) is 0 Å². The molecule has 10 heavy (non-hydrogen) atoms. The second-order valence-electron chi connectivity index (χ2n) is 1.80. The molecule has 0 amide bonds. The van der Waals surface area contributed by atoms with Gasteiger partial charge in [0.1, 0.15) is 0 Å². The number of carboxylic acid groups (broad SMARTS) is 1. The predicted molar refractivity (Wildman–Crippen MR) is 41.2 cm³/mol. The van der Waals surface area contributed by atoms with E-state index in [2.05, 4.69) is 0 Å². The third kappa shape index (κ3) is 2.40. The van der Waals surface area contributed by atoms with E-state index >= 15 is 0 Å². The summed E-state index contributed by atoms with van der Waals surface area (Å²) in [6.45, 7) is 0. The molecule has 0 bridgehead atoms. The van der Waals surface area contributed by atoms with Gasteiger partial charge in [-0.2, -0.15) is 0 Å². The second-order valence-corrected chi connectivity index (χ2v) is 5.38. The fourth-order valence-electron chi connectivity index (χ4n) is 0.645. The molecule has 0 saturated heterocycles. The van der Waals surface area contributed by atoms with E-state index in [0.717, 1.165) is 3.51 Å². The molecule has 1 aromatic carbocycles. The summed E-state index contributed by atoms with van der Waals surface area (Å²) in [5, 5.41) is 8.44. The molecule has 52 valence electrons. The Bertz CT molecular complexity index is 220. The molecule has 2 nitrogen and oxygen atoms in total. The van der Waals surface area contributed by atoms with Crippen molar-refractivity contribution in [2.75, 3.05) is 0 Å². The van der Waals surface area contributed by atoms with E-state index in [-0.39, 0.29) is 0 Å². The molecule has 0 heterocycles. The fraction of sp³-hybridized carbons (Fsp3) is 0. The summed E-state index contributed by atoms with van der Waals surface area (Å²) < 4.78 is 0.397. The van der Waals surface area contributed by atoms with E-state index < -0.39 is 25.5 Å². The number of benzene rings is 1. The quantitative estimate of drug-likeness (QED) is 0.767.